The molecule has 0 aliphatic heterocycles. The van der Waals surface area contributed by atoms with Gasteiger partial charge in [-0.3, -0.25) is 0 Å². The van der Waals surface area contributed by atoms with Crippen molar-refractivity contribution in [1.29, 1.82) is 0 Å². The van der Waals surface area contributed by atoms with E-state index in [1.807, 2.05) is 37.3 Å². The average Bonchev–Trinajstić information content (AvgIpc) is 2.90. The Hall–Kier alpha value is -0.870. The molecule has 2 rings (SSSR count). The summed E-state index contributed by atoms with van der Waals surface area (Å²) in [6, 6.07) is 11.7. The normalized spacial score (nSPS) is 14.4. The third-order valence-electron chi connectivity index (χ3n) is 3.03. The zero-order chi connectivity index (χ0) is 13.0. The highest BCUT2D eigenvalue weighted by atomic mass is 35.5. The SMILES string of the molecule is CC(CO)(NCc1cccs1)c1ccc(Cl)cc1. The molecule has 1 atom stereocenters. The summed E-state index contributed by atoms with van der Waals surface area (Å²) in [5.74, 6) is 0. The van der Waals surface area contributed by atoms with E-state index in [-0.39, 0.29) is 6.61 Å². The van der Waals surface area contributed by atoms with Crippen molar-refractivity contribution in [3.8, 4) is 0 Å². The van der Waals surface area contributed by atoms with E-state index in [2.05, 4.69) is 16.8 Å². The second-order valence-electron chi connectivity index (χ2n) is 4.43. The molecule has 0 aliphatic carbocycles. The van der Waals surface area contributed by atoms with Gasteiger partial charge in [-0.05, 0) is 36.1 Å². The van der Waals surface area contributed by atoms with Crippen molar-refractivity contribution in [1.82, 2.24) is 5.32 Å². The Labute approximate surface area is 116 Å². The van der Waals surface area contributed by atoms with E-state index in [1.54, 1.807) is 11.3 Å². The van der Waals surface area contributed by atoms with E-state index in [1.165, 1.54) is 4.88 Å². The van der Waals surface area contributed by atoms with Gasteiger partial charge in [0.1, 0.15) is 0 Å². The fourth-order valence-electron chi connectivity index (χ4n) is 1.76. The van der Waals surface area contributed by atoms with Gasteiger partial charge in [0.2, 0.25) is 0 Å². The fraction of sp³-hybridized carbons (Fsp3) is 0.286. The predicted molar refractivity (Wildman–Crippen MR) is 77.0 cm³/mol. The Kier molecular flexibility index (Phi) is 4.40. The summed E-state index contributed by atoms with van der Waals surface area (Å²) < 4.78 is 0. The van der Waals surface area contributed by atoms with Crippen molar-refractivity contribution in [2.75, 3.05) is 6.61 Å². The highest BCUT2D eigenvalue weighted by Gasteiger charge is 2.24. The first-order valence-corrected chi connectivity index (χ1v) is 7.04. The number of nitrogens with one attached hydrogen (secondary N) is 1. The first-order valence-electron chi connectivity index (χ1n) is 5.78. The van der Waals surface area contributed by atoms with Gasteiger partial charge < -0.3 is 10.4 Å². The van der Waals surface area contributed by atoms with Crippen LogP contribution in [0.3, 0.4) is 0 Å². The van der Waals surface area contributed by atoms with Gasteiger partial charge in [-0.25, -0.2) is 0 Å². The van der Waals surface area contributed by atoms with Crippen molar-refractivity contribution in [3.05, 3.63) is 57.2 Å². The van der Waals surface area contributed by atoms with Gasteiger partial charge in [0.25, 0.3) is 0 Å². The quantitative estimate of drug-likeness (QED) is 0.880. The highest BCUT2D eigenvalue weighted by Crippen LogP contribution is 2.23. The van der Waals surface area contributed by atoms with E-state index >= 15 is 0 Å². The monoisotopic (exact) mass is 281 g/mol. The van der Waals surface area contributed by atoms with Crippen LogP contribution in [0.1, 0.15) is 17.4 Å². The molecule has 0 spiro atoms. The predicted octanol–water partition coefficient (Wildman–Crippen LogP) is 3.40. The largest absolute Gasteiger partial charge is 0.394 e. The summed E-state index contributed by atoms with van der Waals surface area (Å²) in [5, 5.41) is 15.8. The third kappa shape index (κ3) is 3.12. The molecule has 2 N–H and O–H groups in total. The molecule has 0 saturated carbocycles. The summed E-state index contributed by atoms with van der Waals surface area (Å²) in [4.78, 5) is 1.25. The maximum Gasteiger partial charge on any atom is 0.0652 e. The zero-order valence-corrected chi connectivity index (χ0v) is 11.8. The number of hydrogen-bond acceptors (Lipinski definition) is 3. The van der Waals surface area contributed by atoms with Gasteiger partial charge in [0.05, 0.1) is 12.1 Å². The van der Waals surface area contributed by atoms with Crippen molar-refractivity contribution < 1.29 is 5.11 Å². The maximum absolute atomic E-state index is 9.64. The molecule has 1 aromatic heterocycles. The minimum atomic E-state index is -0.450. The molecular formula is C14H16ClNOS. The van der Waals surface area contributed by atoms with Crippen LogP contribution in [0.25, 0.3) is 0 Å². The average molecular weight is 282 g/mol. The molecule has 0 amide bonds. The van der Waals surface area contributed by atoms with Crippen molar-refractivity contribution in [2.45, 2.75) is 19.0 Å². The molecule has 0 radical (unpaired) electrons. The van der Waals surface area contributed by atoms with Gasteiger partial charge in [-0.1, -0.05) is 29.8 Å². The number of halogens is 1. The molecule has 2 nitrogen and oxygen atoms in total. The van der Waals surface area contributed by atoms with Crippen LogP contribution in [0.15, 0.2) is 41.8 Å². The second-order valence-corrected chi connectivity index (χ2v) is 5.90. The fourth-order valence-corrected chi connectivity index (χ4v) is 2.53. The first kappa shape index (κ1) is 13.6. The van der Waals surface area contributed by atoms with E-state index in [9.17, 15) is 5.11 Å². The van der Waals surface area contributed by atoms with Crippen LogP contribution in [0.2, 0.25) is 5.02 Å². The Morgan fingerprint density at radius 2 is 2.00 bits per heavy atom. The topological polar surface area (TPSA) is 32.3 Å². The lowest BCUT2D eigenvalue weighted by atomic mass is 9.93. The van der Waals surface area contributed by atoms with Gasteiger partial charge in [-0.15, -0.1) is 11.3 Å². The molecule has 0 bridgehead atoms. The molecular weight excluding hydrogens is 266 g/mol. The lowest BCUT2D eigenvalue weighted by molar-refractivity contribution is 0.174. The van der Waals surface area contributed by atoms with E-state index < -0.39 is 5.54 Å². The number of thiophene rings is 1. The molecule has 1 aromatic carbocycles. The molecule has 0 saturated heterocycles. The third-order valence-corrected chi connectivity index (χ3v) is 4.16. The Bertz CT molecular complexity index is 483. The minimum Gasteiger partial charge on any atom is -0.394 e. The molecule has 2 aromatic rings. The summed E-state index contributed by atoms with van der Waals surface area (Å²) >= 11 is 7.59. The maximum atomic E-state index is 9.64. The van der Waals surface area contributed by atoms with Crippen LogP contribution in [0.4, 0.5) is 0 Å². The standard InChI is InChI=1S/C14H16ClNOS/c1-14(10-17,11-4-6-12(15)7-5-11)16-9-13-3-2-8-18-13/h2-8,16-17H,9-10H2,1H3. The van der Waals surface area contributed by atoms with Crippen LogP contribution in [0.5, 0.6) is 0 Å². The van der Waals surface area contributed by atoms with E-state index in [4.69, 9.17) is 11.6 Å². The van der Waals surface area contributed by atoms with Crippen LogP contribution < -0.4 is 5.32 Å². The number of rotatable bonds is 5. The van der Waals surface area contributed by atoms with Gasteiger partial charge in [0, 0.05) is 16.4 Å². The Morgan fingerprint density at radius 3 is 2.56 bits per heavy atom. The number of aliphatic hydroxyl groups is 1. The number of benzene rings is 1. The van der Waals surface area contributed by atoms with Gasteiger partial charge in [0.15, 0.2) is 0 Å². The first-order chi connectivity index (χ1) is 8.64. The van der Waals surface area contributed by atoms with Crippen molar-refractivity contribution >= 4 is 22.9 Å². The van der Waals surface area contributed by atoms with Crippen LogP contribution in [-0.4, -0.2) is 11.7 Å². The molecule has 4 heteroatoms. The molecule has 1 heterocycles. The number of hydrogen-bond donors (Lipinski definition) is 2. The molecule has 0 aliphatic rings. The van der Waals surface area contributed by atoms with Crippen LogP contribution in [-0.2, 0) is 12.1 Å². The molecule has 1 unspecified atom stereocenters. The van der Waals surface area contributed by atoms with Gasteiger partial charge in [-0.2, -0.15) is 0 Å². The second kappa shape index (κ2) is 5.85. The highest BCUT2D eigenvalue weighted by molar-refractivity contribution is 7.09. The van der Waals surface area contributed by atoms with E-state index in [0.29, 0.717) is 5.02 Å². The van der Waals surface area contributed by atoms with E-state index in [0.717, 1.165) is 12.1 Å². The Balaban J connectivity index is 2.12. The smallest absolute Gasteiger partial charge is 0.0652 e. The van der Waals surface area contributed by atoms with Gasteiger partial charge >= 0.3 is 0 Å². The van der Waals surface area contributed by atoms with Crippen LogP contribution >= 0.6 is 22.9 Å². The summed E-state index contributed by atoms with van der Waals surface area (Å²) in [6.07, 6.45) is 0. The lowest BCUT2D eigenvalue weighted by Gasteiger charge is -2.29. The molecule has 18 heavy (non-hydrogen) atoms. The molecule has 96 valence electrons. The summed E-state index contributed by atoms with van der Waals surface area (Å²) in [6.45, 7) is 2.78. The Morgan fingerprint density at radius 1 is 1.28 bits per heavy atom. The van der Waals surface area contributed by atoms with Crippen molar-refractivity contribution in [2.24, 2.45) is 0 Å². The lowest BCUT2D eigenvalue weighted by Crippen LogP contribution is -2.42. The van der Waals surface area contributed by atoms with Crippen LogP contribution in [0, 0.1) is 0 Å². The van der Waals surface area contributed by atoms with Crippen molar-refractivity contribution in [3.63, 3.8) is 0 Å². The summed E-state index contributed by atoms with van der Waals surface area (Å²) in [5.41, 5.74) is 0.583. The summed E-state index contributed by atoms with van der Waals surface area (Å²) in [7, 11) is 0. The number of aliphatic hydroxyl groups excluding tert-OH is 1. The molecule has 0 fully saturated rings. The zero-order valence-electron chi connectivity index (χ0n) is 10.2. The minimum absolute atomic E-state index is 0.0417.